The maximum atomic E-state index is 12.7. The molecule has 1 aliphatic rings. The van der Waals surface area contributed by atoms with Gasteiger partial charge in [-0.1, -0.05) is 13.8 Å². The third-order valence-corrected chi connectivity index (χ3v) is 5.42. The lowest BCUT2D eigenvalue weighted by atomic mass is 9.93. The second kappa shape index (κ2) is 6.80. The van der Waals surface area contributed by atoms with Gasteiger partial charge in [0.05, 0.1) is 11.6 Å². The van der Waals surface area contributed by atoms with E-state index in [1.54, 1.807) is 31.1 Å². The number of amides is 1. The van der Waals surface area contributed by atoms with E-state index in [-0.39, 0.29) is 17.3 Å². The first-order valence-electron chi connectivity index (χ1n) is 8.13. The smallest absolute Gasteiger partial charge is 0.290 e. The molecule has 25 heavy (non-hydrogen) atoms. The van der Waals surface area contributed by atoms with Gasteiger partial charge in [-0.25, -0.2) is 0 Å². The quantitative estimate of drug-likeness (QED) is 0.889. The summed E-state index contributed by atoms with van der Waals surface area (Å²) in [4.78, 5) is 31.9. The Morgan fingerprint density at radius 2 is 2.00 bits per heavy atom. The molecule has 1 atom stereocenters. The first-order valence-corrected chi connectivity index (χ1v) is 9.01. The van der Waals surface area contributed by atoms with Crippen molar-refractivity contribution < 1.29 is 14.7 Å². The normalized spacial score (nSPS) is 17.7. The van der Waals surface area contributed by atoms with E-state index in [9.17, 15) is 14.7 Å². The van der Waals surface area contributed by atoms with E-state index in [0.29, 0.717) is 6.54 Å². The van der Waals surface area contributed by atoms with Gasteiger partial charge in [0.15, 0.2) is 11.5 Å². The Morgan fingerprint density at radius 3 is 2.56 bits per heavy atom. The summed E-state index contributed by atoms with van der Waals surface area (Å²) in [6.45, 7) is 5.81. The Balaban J connectivity index is 2.07. The van der Waals surface area contributed by atoms with Crippen LogP contribution in [-0.4, -0.2) is 26.7 Å². The molecule has 5 nitrogen and oxygen atoms in total. The fraction of sp³-hybridized carbons (Fsp3) is 0.316. The largest absolute Gasteiger partial charge is 0.503 e. The molecule has 2 aromatic rings. The minimum absolute atomic E-state index is 0.194. The van der Waals surface area contributed by atoms with Crippen LogP contribution < -0.4 is 0 Å². The van der Waals surface area contributed by atoms with Gasteiger partial charge in [0.2, 0.25) is 0 Å². The number of carbonyl (C=O) groups excluding carboxylic acids is 2. The van der Waals surface area contributed by atoms with Crippen LogP contribution in [0.1, 0.15) is 35.9 Å². The standard InChI is InChI=1S/C19H20N2O3S/c1-11(2)16(22)14-15(18-12(3)6-9-25-18)21(19(24)17(14)23)10-13-4-7-20-8-5-13/h4-9,11,15,23H,10H2,1-3H3. The van der Waals surface area contributed by atoms with Crippen molar-refractivity contribution in [3.8, 4) is 0 Å². The van der Waals surface area contributed by atoms with Crippen molar-refractivity contribution in [3.63, 3.8) is 0 Å². The Hall–Kier alpha value is -2.47. The Labute approximate surface area is 150 Å². The Morgan fingerprint density at radius 1 is 1.32 bits per heavy atom. The maximum Gasteiger partial charge on any atom is 0.290 e. The van der Waals surface area contributed by atoms with Crippen molar-refractivity contribution in [2.75, 3.05) is 0 Å². The number of hydrogen-bond acceptors (Lipinski definition) is 5. The van der Waals surface area contributed by atoms with Gasteiger partial charge >= 0.3 is 0 Å². The minimum atomic E-state index is -0.546. The molecule has 1 amide bonds. The van der Waals surface area contributed by atoms with Gasteiger partial charge in [-0.05, 0) is 41.6 Å². The number of nitrogens with zero attached hydrogens (tertiary/aromatic N) is 2. The first kappa shape index (κ1) is 17.4. The zero-order valence-electron chi connectivity index (χ0n) is 14.4. The van der Waals surface area contributed by atoms with Gasteiger partial charge < -0.3 is 10.0 Å². The number of aliphatic hydroxyl groups excluding tert-OH is 1. The molecule has 1 unspecified atom stereocenters. The molecule has 1 aliphatic heterocycles. The van der Waals surface area contributed by atoms with Gasteiger partial charge in [0, 0.05) is 29.7 Å². The molecule has 3 heterocycles. The number of rotatable bonds is 5. The second-order valence-electron chi connectivity index (χ2n) is 6.44. The summed E-state index contributed by atoms with van der Waals surface area (Å²) in [5.41, 5.74) is 2.11. The zero-order chi connectivity index (χ0) is 18.1. The molecule has 1 N–H and O–H groups in total. The van der Waals surface area contributed by atoms with Crippen LogP contribution in [0.3, 0.4) is 0 Å². The summed E-state index contributed by atoms with van der Waals surface area (Å²) in [6.07, 6.45) is 3.32. The van der Waals surface area contributed by atoms with Crippen LogP contribution >= 0.6 is 11.3 Å². The first-order chi connectivity index (χ1) is 11.9. The van der Waals surface area contributed by atoms with Gasteiger partial charge in [0.25, 0.3) is 5.91 Å². The average molecular weight is 356 g/mol. The fourth-order valence-corrected chi connectivity index (χ4v) is 4.05. The lowest BCUT2D eigenvalue weighted by molar-refractivity contribution is -0.130. The Kier molecular flexibility index (Phi) is 4.72. The summed E-state index contributed by atoms with van der Waals surface area (Å²) >= 11 is 1.49. The van der Waals surface area contributed by atoms with E-state index in [2.05, 4.69) is 4.98 Å². The third kappa shape index (κ3) is 3.09. The number of aryl methyl sites for hydroxylation is 1. The van der Waals surface area contributed by atoms with Crippen LogP contribution in [-0.2, 0) is 16.1 Å². The highest BCUT2D eigenvalue weighted by Crippen LogP contribution is 2.42. The summed E-state index contributed by atoms with van der Waals surface area (Å²) in [6, 6.07) is 5.06. The number of carbonyl (C=O) groups is 2. The minimum Gasteiger partial charge on any atom is -0.503 e. The highest BCUT2D eigenvalue weighted by Gasteiger charge is 2.44. The number of aromatic nitrogens is 1. The van der Waals surface area contributed by atoms with Crippen LogP contribution in [0.15, 0.2) is 47.3 Å². The number of pyridine rings is 1. The maximum absolute atomic E-state index is 12.7. The molecule has 3 rings (SSSR count). The second-order valence-corrected chi connectivity index (χ2v) is 7.39. The highest BCUT2D eigenvalue weighted by molar-refractivity contribution is 7.10. The molecule has 130 valence electrons. The van der Waals surface area contributed by atoms with E-state index < -0.39 is 17.7 Å². The number of thiophene rings is 1. The van der Waals surface area contributed by atoms with Crippen molar-refractivity contribution >= 4 is 23.0 Å². The van der Waals surface area contributed by atoms with E-state index in [0.717, 1.165) is 16.0 Å². The van der Waals surface area contributed by atoms with Gasteiger partial charge in [-0.3, -0.25) is 14.6 Å². The highest BCUT2D eigenvalue weighted by atomic mass is 32.1. The summed E-state index contributed by atoms with van der Waals surface area (Å²) in [7, 11) is 0. The van der Waals surface area contributed by atoms with E-state index in [1.165, 1.54) is 11.3 Å². The van der Waals surface area contributed by atoms with Crippen molar-refractivity contribution in [2.45, 2.75) is 33.4 Å². The molecule has 0 saturated heterocycles. The van der Waals surface area contributed by atoms with Crippen LogP contribution in [0.25, 0.3) is 0 Å². The topological polar surface area (TPSA) is 70.5 Å². The molecule has 0 saturated carbocycles. The van der Waals surface area contributed by atoms with Crippen molar-refractivity contribution in [1.82, 2.24) is 9.88 Å². The van der Waals surface area contributed by atoms with Crippen LogP contribution in [0.4, 0.5) is 0 Å². The molecule has 0 bridgehead atoms. The van der Waals surface area contributed by atoms with Crippen LogP contribution in [0.5, 0.6) is 0 Å². The van der Waals surface area contributed by atoms with Crippen LogP contribution in [0, 0.1) is 12.8 Å². The SMILES string of the molecule is Cc1ccsc1C1C(C(=O)C(C)C)=C(O)C(=O)N1Cc1ccncc1. The van der Waals surface area contributed by atoms with Gasteiger partial charge in [0.1, 0.15) is 0 Å². The molecule has 6 heteroatoms. The molecule has 0 aliphatic carbocycles. The summed E-state index contributed by atoms with van der Waals surface area (Å²) in [5, 5.41) is 12.4. The fourth-order valence-electron chi connectivity index (χ4n) is 3.00. The van der Waals surface area contributed by atoms with Crippen LogP contribution in [0.2, 0.25) is 0 Å². The molecule has 0 fully saturated rings. The van der Waals surface area contributed by atoms with Gasteiger partial charge in [-0.15, -0.1) is 11.3 Å². The Bertz CT molecular complexity index is 839. The number of hydrogen-bond donors (Lipinski definition) is 1. The third-order valence-electron chi connectivity index (χ3n) is 4.35. The number of ketones is 1. The summed E-state index contributed by atoms with van der Waals surface area (Å²) in [5.74, 6) is -1.42. The molecule has 0 aromatic carbocycles. The lowest BCUT2D eigenvalue weighted by Gasteiger charge is -2.27. The predicted molar refractivity (Wildman–Crippen MR) is 96.1 cm³/mol. The lowest BCUT2D eigenvalue weighted by Crippen LogP contribution is -2.31. The summed E-state index contributed by atoms with van der Waals surface area (Å²) < 4.78 is 0. The van der Waals surface area contributed by atoms with E-state index in [4.69, 9.17) is 0 Å². The van der Waals surface area contributed by atoms with E-state index in [1.807, 2.05) is 30.5 Å². The molecule has 0 spiro atoms. The number of aliphatic hydroxyl groups is 1. The zero-order valence-corrected chi connectivity index (χ0v) is 15.2. The molecule has 2 aromatic heterocycles. The van der Waals surface area contributed by atoms with Gasteiger partial charge in [-0.2, -0.15) is 0 Å². The van der Waals surface area contributed by atoms with Crippen molar-refractivity contribution in [2.24, 2.45) is 5.92 Å². The number of Topliss-reactive ketones (excluding diaryl/α,β-unsaturated/α-hetero) is 1. The van der Waals surface area contributed by atoms with Crippen molar-refractivity contribution in [1.29, 1.82) is 0 Å². The average Bonchev–Trinajstić information content (AvgIpc) is 3.11. The molecule has 0 radical (unpaired) electrons. The van der Waals surface area contributed by atoms with Crippen molar-refractivity contribution in [3.05, 3.63) is 63.3 Å². The van der Waals surface area contributed by atoms with E-state index >= 15 is 0 Å². The molecular weight excluding hydrogens is 336 g/mol. The predicted octanol–water partition coefficient (Wildman–Crippen LogP) is 3.57. The monoisotopic (exact) mass is 356 g/mol. The molecular formula is C19H20N2O3S.